The number of carbonyl (C=O) groups is 2. The van der Waals surface area contributed by atoms with Crippen LogP contribution in [0, 0.1) is 10.1 Å². The number of non-ortho nitro benzene ring substituents is 1. The molecule has 1 aromatic rings. The second-order valence-electron chi connectivity index (χ2n) is 5.07. The molecule has 0 aliphatic carbocycles. The first-order valence-corrected chi connectivity index (χ1v) is 7.99. The molecule has 1 aromatic carbocycles. The highest BCUT2D eigenvalue weighted by Crippen LogP contribution is 2.39. The molecule has 0 aromatic heterocycles. The third-order valence-corrected chi connectivity index (χ3v) is 4.23. The number of allylic oxidation sites excluding steroid dienone is 2. The van der Waals surface area contributed by atoms with E-state index < -0.39 is 35.0 Å². The minimum atomic E-state index is -1.51. The van der Waals surface area contributed by atoms with Gasteiger partial charge >= 0.3 is 11.9 Å². The number of carboxylic acid groups (broad SMARTS) is 2. The van der Waals surface area contributed by atoms with Crippen molar-refractivity contribution in [2.24, 2.45) is 0 Å². The summed E-state index contributed by atoms with van der Waals surface area (Å²) in [6.07, 6.45) is 0. The summed E-state index contributed by atoms with van der Waals surface area (Å²) in [5, 5.41) is 32.5. The topological polar surface area (TPSA) is 130 Å². The normalized spacial score (nSPS) is 17.3. The van der Waals surface area contributed by atoms with Crippen molar-refractivity contribution in [3.63, 3.8) is 0 Å². The minimum absolute atomic E-state index is 0.0104. The lowest BCUT2D eigenvalue weighted by Crippen LogP contribution is -2.34. The van der Waals surface area contributed by atoms with E-state index in [9.17, 15) is 34.3 Å². The SMILES string of the molecule is O=C(O)C1=C(CF)NC(CBr)=C(C(=O)O)C1c1cccc([N+](=O)[O-])c1. The standard InChI is InChI=1S/C15H12BrFN2O6/c16-5-9-12(14(20)21)11(13(15(22)23)10(6-17)18-9)7-2-1-3-8(4-7)19(24)25/h1-4,11,18H,5-6H2,(H,20,21)(H,22,23). The fourth-order valence-electron chi connectivity index (χ4n) is 2.68. The van der Waals surface area contributed by atoms with Gasteiger partial charge in [0.1, 0.15) is 6.67 Å². The van der Waals surface area contributed by atoms with E-state index in [1.807, 2.05) is 0 Å². The first-order chi connectivity index (χ1) is 11.8. The lowest BCUT2D eigenvalue weighted by atomic mass is 9.80. The number of hydrogen-bond donors (Lipinski definition) is 3. The van der Waals surface area contributed by atoms with Crippen LogP contribution < -0.4 is 5.32 Å². The third-order valence-electron chi connectivity index (χ3n) is 3.67. The number of rotatable bonds is 6. The van der Waals surface area contributed by atoms with E-state index in [2.05, 4.69) is 21.2 Å². The van der Waals surface area contributed by atoms with Gasteiger partial charge in [-0.15, -0.1) is 0 Å². The number of nitro groups is 1. The summed E-state index contributed by atoms with van der Waals surface area (Å²) in [6.45, 7) is -1.16. The summed E-state index contributed by atoms with van der Waals surface area (Å²) in [5.41, 5.74) is -1.26. The average molecular weight is 415 g/mol. The van der Waals surface area contributed by atoms with Gasteiger partial charge in [-0.3, -0.25) is 10.1 Å². The molecule has 0 fully saturated rings. The van der Waals surface area contributed by atoms with Crippen LogP contribution in [0.1, 0.15) is 11.5 Å². The largest absolute Gasteiger partial charge is 0.478 e. The molecule has 0 amide bonds. The number of alkyl halides is 2. The van der Waals surface area contributed by atoms with Crippen LogP contribution in [0.15, 0.2) is 46.8 Å². The van der Waals surface area contributed by atoms with Crippen LogP contribution in [-0.4, -0.2) is 39.1 Å². The van der Waals surface area contributed by atoms with Crippen LogP contribution in [-0.2, 0) is 9.59 Å². The molecule has 2 rings (SSSR count). The lowest BCUT2D eigenvalue weighted by molar-refractivity contribution is -0.384. The van der Waals surface area contributed by atoms with Gasteiger partial charge < -0.3 is 15.5 Å². The summed E-state index contributed by atoms with van der Waals surface area (Å²) < 4.78 is 13.3. The number of carboxylic acids is 2. The molecule has 0 saturated heterocycles. The summed E-state index contributed by atoms with van der Waals surface area (Å²) in [5.74, 6) is -4.27. The molecule has 1 aliphatic heterocycles. The number of dihydropyridines is 1. The molecule has 1 heterocycles. The van der Waals surface area contributed by atoms with Gasteiger partial charge in [-0.25, -0.2) is 14.0 Å². The molecule has 8 nitrogen and oxygen atoms in total. The highest BCUT2D eigenvalue weighted by atomic mass is 79.9. The van der Waals surface area contributed by atoms with E-state index in [1.165, 1.54) is 18.2 Å². The van der Waals surface area contributed by atoms with Gasteiger partial charge in [0.2, 0.25) is 0 Å². The number of nitrogens with zero attached hydrogens (tertiary/aromatic N) is 1. The fraction of sp³-hybridized carbons (Fsp3) is 0.200. The smallest absolute Gasteiger partial charge is 0.334 e. The number of benzene rings is 1. The van der Waals surface area contributed by atoms with E-state index in [0.29, 0.717) is 0 Å². The zero-order valence-electron chi connectivity index (χ0n) is 12.5. The predicted molar refractivity (Wildman–Crippen MR) is 88.1 cm³/mol. The Morgan fingerprint density at radius 2 is 1.84 bits per heavy atom. The van der Waals surface area contributed by atoms with Gasteiger partial charge in [0, 0.05) is 23.2 Å². The molecule has 132 valence electrons. The predicted octanol–water partition coefficient (Wildman–Crippen LogP) is 2.32. The van der Waals surface area contributed by atoms with Crippen molar-refractivity contribution in [2.75, 3.05) is 12.0 Å². The Morgan fingerprint density at radius 3 is 2.32 bits per heavy atom. The van der Waals surface area contributed by atoms with E-state index in [-0.39, 0.29) is 33.5 Å². The Morgan fingerprint density at radius 1 is 1.24 bits per heavy atom. The van der Waals surface area contributed by atoms with Gasteiger partial charge in [0.05, 0.1) is 27.7 Å². The van der Waals surface area contributed by atoms with Gasteiger partial charge in [-0.1, -0.05) is 28.1 Å². The molecule has 1 atom stereocenters. The van der Waals surface area contributed by atoms with Crippen molar-refractivity contribution in [1.29, 1.82) is 0 Å². The van der Waals surface area contributed by atoms with Crippen molar-refractivity contribution in [2.45, 2.75) is 5.92 Å². The quantitative estimate of drug-likeness (QED) is 0.369. The molecule has 10 heteroatoms. The lowest BCUT2D eigenvalue weighted by Gasteiger charge is -2.29. The maximum atomic E-state index is 13.3. The molecular weight excluding hydrogens is 403 g/mol. The van der Waals surface area contributed by atoms with Gasteiger partial charge in [-0.2, -0.15) is 0 Å². The summed E-state index contributed by atoms with van der Waals surface area (Å²) >= 11 is 3.09. The average Bonchev–Trinajstić information content (AvgIpc) is 2.59. The van der Waals surface area contributed by atoms with Crippen molar-refractivity contribution < 1.29 is 29.1 Å². The Balaban J connectivity index is 2.78. The van der Waals surface area contributed by atoms with Crippen LogP contribution in [0.3, 0.4) is 0 Å². The van der Waals surface area contributed by atoms with Crippen LogP contribution in [0.5, 0.6) is 0 Å². The Kier molecular flexibility index (Phi) is 5.52. The van der Waals surface area contributed by atoms with Crippen molar-refractivity contribution >= 4 is 33.6 Å². The van der Waals surface area contributed by atoms with Crippen LogP contribution in [0.25, 0.3) is 0 Å². The minimum Gasteiger partial charge on any atom is -0.478 e. The molecular formula is C15H12BrFN2O6. The maximum absolute atomic E-state index is 13.3. The van der Waals surface area contributed by atoms with E-state index in [1.54, 1.807) is 0 Å². The number of aliphatic carboxylic acids is 2. The molecule has 1 aliphatic rings. The highest BCUT2D eigenvalue weighted by Gasteiger charge is 2.38. The molecule has 0 saturated carbocycles. The van der Waals surface area contributed by atoms with Crippen LogP contribution >= 0.6 is 15.9 Å². The highest BCUT2D eigenvalue weighted by molar-refractivity contribution is 9.09. The molecule has 0 spiro atoms. The summed E-state index contributed by atoms with van der Waals surface area (Å²) in [7, 11) is 0. The van der Waals surface area contributed by atoms with Crippen molar-refractivity contribution in [3.8, 4) is 0 Å². The Labute approximate surface area is 148 Å². The number of nitrogens with one attached hydrogen (secondary N) is 1. The molecule has 25 heavy (non-hydrogen) atoms. The fourth-order valence-corrected chi connectivity index (χ4v) is 3.12. The molecule has 0 radical (unpaired) electrons. The van der Waals surface area contributed by atoms with Crippen LogP contribution in [0.2, 0.25) is 0 Å². The van der Waals surface area contributed by atoms with Gasteiger partial charge in [0.25, 0.3) is 5.69 Å². The van der Waals surface area contributed by atoms with E-state index in [4.69, 9.17) is 0 Å². The second kappa shape index (κ2) is 7.43. The number of halogens is 2. The van der Waals surface area contributed by atoms with E-state index in [0.717, 1.165) is 6.07 Å². The molecule has 0 bridgehead atoms. The first kappa shape index (κ1) is 18.6. The summed E-state index contributed by atoms with van der Waals surface area (Å²) in [4.78, 5) is 33.7. The number of hydrogen-bond acceptors (Lipinski definition) is 5. The van der Waals surface area contributed by atoms with Crippen molar-refractivity contribution in [1.82, 2.24) is 5.32 Å². The van der Waals surface area contributed by atoms with Gasteiger partial charge in [0.15, 0.2) is 0 Å². The second-order valence-corrected chi connectivity index (χ2v) is 5.63. The zero-order valence-corrected chi connectivity index (χ0v) is 14.1. The van der Waals surface area contributed by atoms with E-state index >= 15 is 0 Å². The summed E-state index contributed by atoms with van der Waals surface area (Å²) in [6, 6.07) is 4.97. The Hall–Kier alpha value is -2.75. The number of nitro benzene ring substituents is 1. The Bertz CT molecular complexity index is 782. The maximum Gasteiger partial charge on any atom is 0.334 e. The molecule has 1 unspecified atom stereocenters. The monoisotopic (exact) mass is 414 g/mol. The molecule has 3 N–H and O–H groups in total. The van der Waals surface area contributed by atoms with Crippen molar-refractivity contribution in [3.05, 3.63) is 62.5 Å². The van der Waals surface area contributed by atoms with Gasteiger partial charge in [-0.05, 0) is 5.56 Å². The zero-order chi connectivity index (χ0) is 18.7. The van der Waals surface area contributed by atoms with Crippen LogP contribution in [0.4, 0.5) is 10.1 Å². The third kappa shape index (κ3) is 3.53. The first-order valence-electron chi connectivity index (χ1n) is 6.87.